The number of primary amides is 1. The lowest BCUT2D eigenvalue weighted by atomic mass is 10.1. The molecule has 30 heavy (non-hydrogen) atoms. The summed E-state index contributed by atoms with van der Waals surface area (Å²) in [6.07, 6.45) is 2.56. The Kier molecular flexibility index (Phi) is 8.58. The molecule has 10 N–H and O–H groups in total. The molecule has 0 radical (unpaired) electrons. The second-order valence-corrected chi connectivity index (χ2v) is 7.35. The lowest BCUT2D eigenvalue weighted by Crippen LogP contribution is -2.38. The van der Waals surface area contributed by atoms with Crippen molar-refractivity contribution >= 4 is 57.7 Å². The molecule has 0 saturated carbocycles. The second kappa shape index (κ2) is 11.1. The number of aromatic nitrogens is 2. The van der Waals surface area contributed by atoms with Gasteiger partial charge in [0.15, 0.2) is 23.3 Å². The summed E-state index contributed by atoms with van der Waals surface area (Å²) >= 11 is 1.86. The summed E-state index contributed by atoms with van der Waals surface area (Å²) in [6.45, 7) is 0.566. The Morgan fingerprint density at radius 3 is 2.40 bits per heavy atom. The predicted octanol–water partition coefficient (Wildman–Crippen LogP) is 0.210. The van der Waals surface area contributed by atoms with Crippen LogP contribution in [0.15, 0.2) is 29.3 Å². The van der Waals surface area contributed by atoms with Gasteiger partial charge in [0.2, 0.25) is 5.91 Å². The molecule has 0 fully saturated rings. The Morgan fingerprint density at radius 1 is 1.03 bits per heavy atom. The van der Waals surface area contributed by atoms with E-state index in [0.29, 0.717) is 10.2 Å². The van der Waals surface area contributed by atoms with Crippen LogP contribution in [0.5, 0.6) is 0 Å². The minimum absolute atomic E-state index is 0.0158. The lowest BCUT2D eigenvalue weighted by Gasteiger charge is -2.07. The zero-order valence-corrected chi connectivity index (χ0v) is 18.3. The summed E-state index contributed by atoms with van der Waals surface area (Å²) < 4.78 is 0.374. The van der Waals surface area contributed by atoms with E-state index in [1.807, 2.05) is 46.9 Å². The fraction of sp³-hybridized carbons (Fsp3) is 0.278. The molecule has 2 amide bonds. The highest BCUT2D eigenvalue weighted by Crippen LogP contribution is 2.14. The fourth-order valence-corrected chi connectivity index (χ4v) is 2.80. The van der Waals surface area contributed by atoms with Gasteiger partial charge in [-0.1, -0.05) is 12.1 Å². The van der Waals surface area contributed by atoms with Gasteiger partial charge in [-0.3, -0.25) is 19.9 Å². The number of amides is 2. The molecule has 0 aliphatic heterocycles. The van der Waals surface area contributed by atoms with E-state index in [4.69, 9.17) is 22.9 Å². The highest BCUT2D eigenvalue weighted by Gasteiger charge is 2.16. The summed E-state index contributed by atoms with van der Waals surface area (Å²) in [4.78, 5) is 35.0. The van der Waals surface area contributed by atoms with Crippen molar-refractivity contribution in [3.8, 4) is 0 Å². The minimum Gasteiger partial charge on any atom is -0.382 e. The van der Waals surface area contributed by atoms with Crippen LogP contribution in [0.2, 0.25) is 0 Å². The zero-order valence-electron chi connectivity index (χ0n) is 16.2. The number of nitrogen functional groups attached to an aromatic ring is 2. The van der Waals surface area contributed by atoms with E-state index >= 15 is 0 Å². The molecule has 0 bridgehead atoms. The highest BCUT2D eigenvalue weighted by molar-refractivity contribution is 14.1. The van der Waals surface area contributed by atoms with Crippen molar-refractivity contribution in [1.82, 2.24) is 15.3 Å². The number of unbranched alkanes of at least 4 members (excludes halogenated alkanes) is 1. The average Bonchev–Trinajstić information content (AvgIpc) is 2.69. The molecule has 160 valence electrons. The van der Waals surface area contributed by atoms with Gasteiger partial charge in [-0.2, -0.15) is 0 Å². The number of halogens is 1. The van der Waals surface area contributed by atoms with E-state index in [1.165, 1.54) is 0 Å². The first-order valence-corrected chi connectivity index (χ1v) is 10.1. The first-order valence-electron chi connectivity index (χ1n) is 9.07. The number of aryl methyl sites for hydroxylation is 1. The average molecular weight is 525 g/mol. The minimum atomic E-state index is -0.593. The zero-order chi connectivity index (χ0) is 22.1. The van der Waals surface area contributed by atoms with Crippen molar-refractivity contribution in [2.45, 2.75) is 19.3 Å². The van der Waals surface area contributed by atoms with Crippen LogP contribution in [0.4, 0.5) is 17.3 Å². The van der Waals surface area contributed by atoms with Crippen LogP contribution in [-0.4, -0.2) is 40.8 Å². The summed E-state index contributed by atoms with van der Waals surface area (Å²) in [5, 5.41) is 5.37. The third-order valence-corrected chi connectivity index (χ3v) is 4.73. The summed E-state index contributed by atoms with van der Waals surface area (Å²) in [5.41, 5.74) is 24.1. The van der Waals surface area contributed by atoms with Crippen LogP contribution in [0.1, 0.15) is 28.9 Å². The van der Waals surface area contributed by atoms with Crippen LogP contribution in [0.3, 0.4) is 0 Å². The Bertz CT molecular complexity index is 932. The Morgan fingerprint density at radius 2 is 1.73 bits per heavy atom. The van der Waals surface area contributed by atoms with Crippen LogP contribution in [0.25, 0.3) is 0 Å². The Hall–Kier alpha value is -3.16. The maximum atomic E-state index is 12.2. The molecule has 1 heterocycles. The summed E-state index contributed by atoms with van der Waals surface area (Å²) in [6, 6.07) is 7.77. The predicted molar refractivity (Wildman–Crippen MR) is 125 cm³/mol. The maximum Gasteiger partial charge on any atom is 0.280 e. The van der Waals surface area contributed by atoms with Crippen molar-refractivity contribution < 1.29 is 9.59 Å². The molecule has 12 heteroatoms. The number of nitrogens with one attached hydrogen (secondary N) is 2. The molecule has 0 aliphatic carbocycles. The lowest BCUT2D eigenvalue weighted by molar-refractivity contribution is -0.116. The van der Waals surface area contributed by atoms with E-state index in [1.54, 1.807) is 0 Å². The number of rotatable bonds is 9. The van der Waals surface area contributed by atoms with Gasteiger partial charge >= 0.3 is 0 Å². The summed E-state index contributed by atoms with van der Waals surface area (Å²) in [7, 11) is 0. The number of nitrogens with two attached hydrogens (primary N) is 4. The van der Waals surface area contributed by atoms with Gasteiger partial charge in [0.05, 0.1) is 6.54 Å². The van der Waals surface area contributed by atoms with Crippen LogP contribution in [-0.2, 0) is 11.2 Å². The van der Waals surface area contributed by atoms with Crippen molar-refractivity contribution in [1.29, 1.82) is 0 Å². The van der Waals surface area contributed by atoms with Crippen molar-refractivity contribution in [3.63, 3.8) is 0 Å². The number of carbonyl (C=O) groups excluding carboxylic acids is 2. The van der Waals surface area contributed by atoms with Gasteiger partial charge in [-0.15, -0.1) is 0 Å². The molecule has 0 saturated heterocycles. The molecule has 0 unspecified atom stereocenters. The van der Waals surface area contributed by atoms with E-state index in [0.717, 1.165) is 30.5 Å². The van der Waals surface area contributed by atoms with E-state index in [9.17, 15) is 9.59 Å². The maximum absolute atomic E-state index is 12.2. The quantitative estimate of drug-likeness (QED) is 0.115. The van der Waals surface area contributed by atoms with Crippen molar-refractivity contribution in [3.05, 3.63) is 39.2 Å². The Balaban J connectivity index is 1.74. The standard InChI is InChI=1S/C18H24IN9O2/c19-14-16(22)27-15(21)13(26-14)17(30)28-18(23)24-8-2-1-3-10-4-6-11(7-5-10)25-9-12(20)29/h4-7,25H,1-3,8-9H2,(H2,20,29)(H4,21,22,27)(H3,23,24,28,30). The number of nitrogens with zero attached hydrogens (tertiary/aromatic N) is 3. The fourth-order valence-electron chi connectivity index (χ4n) is 2.44. The molecule has 2 aromatic rings. The number of benzene rings is 1. The molecular formula is C18H24IN9O2. The summed E-state index contributed by atoms with van der Waals surface area (Å²) in [5.74, 6) is -0.936. The Labute approximate surface area is 187 Å². The molecule has 1 aromatic carbocycles. The first-order chi connectivity index (χ1) is 14.3. The van der Waals surface area contributed by atoms with Gasteiger partial charge in [0.25, 0.3) is 5.91 Å². The van der Waals surface area contributed by atoms with Crippen LogP contribution >= 0.6 is 22.6 Å². The van der Waals surface area contributed by atoms with Gasteiger partial charge in [0.1, 0.15) is 3.70 Å². The third-order valence-electron chi connectivity index (χ3n) is 3.94. The SMILES string of the molecule is NC(=O)CNc1ccc(CCCCN=C(N)NC(=O)c2nc(I)c(N)nc2N)cc1. The highest BCUT2D eigenvalue weighted by atomic mass is 127. The van der Waals surface area contributed by atoms with Gasteiger partial charge in [-0.25, -0.2) is 9.97 Å². The molecule has 0 aliphatic rings. The number of guanidine groups is 1. The smallest absolute Gasteiger partial charge is 0.280 e. The van der Waals surface area contributed by atoms with Gasteiger partial charge < -0.3 is 28.3 Å². The van der Waals surface area contributed by atoms with E-state index in [-0.39, 0.29) is 29.8 Å². The normalized spacial score (nSPS) is 11.2. The molecule has 0 spiro atoms. The van der Waals surface area contributed by atoms with Crippen molar-refractivity contribution in [2.24, 2.45) is 16.5 Å². The second-order valence-electron chi connectivity index (χ2n) is 6.33. The van der Waals surface area contributed by atoms with Gasteiger partial charge in [0, 0.05) is 12.2 Å². The molecule has 0 atom stereocenters. The largest absolute Gasteiger partial charge is 0.382 e. The molecule has 2 rings (SSSR count). The van der Waals surface area contributed by atoms with Crippen LogP contribution in [0, 0.1) is 3.70 Å². The number of aliphatic imine (C=N–C) groups is 1. The van der Waals surface area contributed by atoms with E-state index in [2.05, 4.69) is 25.6 Å². The number of carbonyl (C=O) groups is 2. The van der Waals surface area contributed by atoms with E-state index < -0.39 is 11.8 Å². The number of hydrogen-bond acceptors (Lipinski definition) is 8. The molecule has 11 nitrogen and oxygen atoms in total. The molecular weight excluding hydrogens is 501 g/mol. The number of hydrogen-bond donors (Lipinski definition) is 6. The molecule has 1 aromatic heterocycles. The number of anilines is 3. The van der Waals surface area contributed by atoms with Crippen LogP contribution < -0.4 is 33.6 Å². The van der Waals surface area contributed by atoms with Gasteiger partial charge in [-0.05, 0) is 59.5 Å². The topological polar surface area (TPSA) is 200 Å². The third kappa shape index (κ3) is 7.35. The first kappa shape index (κ1) is 23.1. The van der Waals surface area contributed by atoms with Crippen molar-refractivity contribution in [2.75, 3.05) is 29.9 Å². The monoisotopic (exact) mass is 525 g/mol.